The first-order chi connectivity index (χ1) is 7.83. The van der Waals surface area contributed by atoms with Gasteiger partial charge in [-0.1, -0.05) is 25.5 Å². The summed E-state index contributed by atoms with van der Waals surface area (Å²) in [4.78, 5) is 2.47. The third-order valence-electron chi connectivity index (χ3n) is 3.44. The normalized spacial score (nSPS) is 20.4. The van der Waals surface area contributed by atoms with Gasteiger partial charge in [0.05, 0.1) is 0 Å². The molecule has 0 amide bonds. The fourth-order valence-electron chi connectivity index (χ4n) is 2.39. The molecule has 0 radical (unpaired) electrons. The number of hydrogen-bond acceptors (Lipinski definition) is 2. The second kappa shape index (κ2) is 5.35. The van der Waals surface area contributed by atoms with Crippen LogP contribution in [0.5, 0.6) is 0 Å². The smallest absolute Gasteiger partial charge is 0.0366 e. The van der Waals surface area contributed by atoms with Gasteiger partial charge in [-0.05, 0) is 37.6 Å². The molecule has 16 heavy (non-hydrogen) atoms. The van der Waals surface area contributed by atoms with Gasteiger partial charge in [0.15, 0.2) is 0 Å². The van der Waals surface area contributed by atoms with Gasteiger partial charge >= 0.3 is 0 Å². The molecular weight excluding hydrogens is 196 g/mol. The van der Waals surface area contributed by atoms with Gasteiger partial charge in [0.1, 0.15) is 0 Å². The number of aryl methyl sites for hydroxylation is 1. The zero-order valence-electron chi connectivity index (χ0n) is 10.4. The molecule has 0 aliphatic carbocycles. The topological polar surface area (TPSA) is 15.3 Å². The molecular formula is C14H22N2. The van der Waals surface area contributed by atoms with Crippen LogP contribution in [0.4, 0.5) is 5.69 Å². The van der Waals surface area contributed by atoms with E-state index in [1.54, 1.807) is 0 Å². The van der Waals surface area contributed by atoms with Crippen LogP contribution < -0.4 is 10.2 Å². The lowest BCUT2D eigenvalue weighted by molar-refractivity contribution is 0.617. The molecule has 1 N–H and O–H groups in total. The summed E-state index contributed by atoms with van der Waals surface area (Å²) in [5, 5.41) is 3.35. The van der Waals surface area contributed by atoms with Gasteiger partial charge < -0.3 is 10.2 Å². The Morgan fingerprint density at radius 2 is 2.06 bits per heavy atom. The highest BCUT2D eigenvalue weighted by Gasteiger charge is 2.20. The van der Waals surface area contributed by atoms with Gasteiger partial charge in [0.2, 0.25) is 0 Å². The lowest BCUT2D eigenvalue weighted by Gasteiger charge is -2.18. The summed E-state index contributed by atoms with van der Waals surface area (Å²) >= 11 is 0. The van der Waals surface area contributed by atoms with Crippen LogP contribution in [0.25, 0.3) is 0 Å². The van der Waals surface area contributed by atoms with E-state index in [9.17, 15) is 0 Å². The molecule has 1 fully saturated rings. The summed E-state index contributed by atoms with van der Waals surface area (Å²) < 4.78 is 0. The van der Waals surface area contributed by atoms with Crippen LogP contribution in [0.1, 0.15) is 25.3 Å². The zero-order valence-corrected chi connectivity index (χ0v) is 10.4. The Kier molecular flexibility index (Phi) is 3.83. The molecule has 1 unspecified atom stereocenters. The minimum atomic E-state index is 0.662. The first-order valence-corrected chi connectivity index (χ1v) is 6.34. The maximum Gasteiger partial charge on any atom is 0.0366 e. The van der Waals surface area contributed by atoms with Crippen molar-refractivity contribution < 1.29 is 0 Å². The van der Waals surface area contributed by atoms with E-state index in [-0.39, 0.29) is 0 Å². The van der Waals surface area contributed by atoms with Crippen molar-refractivity contribution in [3.05, 3.63) is 29.8 Å². The third-order valence-corrected chi connectivity index (χ3v) is 3.44. The highest BCUT2D eigenvalue weighted by molar-refractivity contribution is 5.48. The van der Waals surface area contributed by atoms with Crippen LogP contribution in [0.15, 0.2) is 24.3 Å². The van der Waals surface area contributed by atoms with Crippen LogP contribution in [-0.4, -0.2) is 26.2 Å². The molecule has 0 bridgehead atoms. The summed E-state index contributed by atoms with van der Waals surface area (Å²) in [5.41, 5.74) is 2.83. The van der Waals surface area contributed by atoms with Crippen LogP contribution in [-0.2, 0) is 6.42 Å². The molecule has 1 atom stereocenters. The Hall–Kier alpha value is -1.02. The zero-order chi connectivity index (χ0) is 11.4. The maximum absolute atomic E-state index is 3.35. The minimum absolute atomic E-state index is 0.662. The standard InChI is InChI=1S/C14H22N2/c1-3-4-12-5-7-14(8-6-12)16-10-9-13(11-16)15-2/h5-8,13,15H,3-4,9-11H2,1-2H3. The SMILES string of the molecule is CCCc1ccc(N2CCC(NC)C2)cc1. The van der Waals surface area contributed by atoms with Crippen molar-refractivity contribution in [3.8, 4) is 0 Å². The highest BCUT2D eigenvalue weighted by atomic mass is 15.2. The lowest BCUT2D eigenvalue weighted by Crippen LogP contribution is -2.29. The Morgan fingerprint density at radius 1 is 1.31 bits per heavy atom. The summed E-state index contributed by atoms with van der Waals surface area (Å²) in [7, 11) is 2.05. The Labute approximate surface area is 98.7 Å². The molecule has 88 valence electrons. The Bertz CT molecular complexity index is 318. The second-order valence-electron chi connectivity index (χ2n) is 4.64. The average Bonchev–Trinajstić information content (AvgIpc) is 2.79. The van der Waals surface area contributed by atoms with Gasteiger partial charge in [-0.3, -0.25) is 0 Å². The van der Waals surface area contributed by atoms with Crippen LogP contribution in [0.3, 0.4) is 0 Å². The number of rotatable bonds is 4. The molecule has 0 saturated carbocycles. The van der Waals surface area contributed by atoms with Gasteiger partial charge in [-0.15, -0.1) is 0 Å². The molecule has 2 nitrogen and oxygen atoms in total. The minimum Gasteiger partial charge on any atom is -0.370 e. The average molecular weight is 218 g/mol. The predicted octanol–water partition coefficient (Wildman–Crippen LogP) is 2.44. The van der Waals surface area contributed by atoms with E-state index in [1.165, 1.54) is 37.1 Å². The lowest BCUT2D eigenvalue weighted by atomic mass is 10.1. The number of benzene rings is 1. The van der Waals surface area contributed by atoms with Crippen LogP contribution in [0.2, 0.25) is 0 Å². The molecule has 1 aromatic carbocycles. The molecule has 2 rings (SSSR count). The number of nitrogens with zero attached hydrogens (tertiary/aromatic N) is 1. The van der Waals surface area contributed by atoms with Crippen molar-refractivity contribution in [1.82, 2.24) is 5.32 Å². The number of hydrogen-bond donors (Lipinski definition) is 1. The van der Waals surface area contributed by atoms with E-state index in [4.69, 9.17) is 0 Å². The predicted molar refractivity (Wildman–Crippen MR) is 70.1 cm³/mol. The molecule has 1 aliphatic rings. The Balaban J connectivity index is 1.99. The summed E-state index contributed by atoms with van der Waals surface area (Å²) in [6.07, 6.45) is 3.68. The highest BCUT2D eigenvalue weighted by Crippen LogP contribution is 2.21. The summed E-state index contributed by atoms with van der Waals surface area (Å²) in [6.45, 7) is 4.55. The van der Waals surface area contributed by atoms with Gasteiger partial charge in [0, 0.05) is 24.8 Å². The van der Waals surface area contributed by atoms with Crippen molar-refractivity contribution in [2.24, 2.45) is 0 Å². The number of likely N-dealkylation sites (N-methyl/N-ethyl adjacent to an activating group) is 1. The van der Waals surface area contributed by atoms with E-state index in [1.807, 2.05) is 0 Å². The second-order valence-corrected chi connectivity index (χ2v) is 4.64. The molecule has 1 saturated heterocycles. The quantitative estimate of drug-likeness (QED) is 0.835. The van der Waals surface area contributed by atoms with Crippen molar-refractivity contribution in [3.63, 3.8) is 0 Å². The Morgan fingerprint density at radius 3 is 2.62 bits per heavy atom. The first-order valence-electron chi connectivity index (χ1n) is 6.34. The molecule has 2 heteroatoms. The van der Waals surface area contributed by atoms with Crippen LogP contribution in [0, 0.1) is 0 Å². The van der Waals surface area contributed by atoms with Crippen molar-refractivity contribution in [1.29, 1.82) is 0 Å². The number of nitrogens with one attached hydrogen (secondary N) is 1. The first kappa shape index (κ1) is 11.5. The third kappa shape index (κ3) is 2.56. The summed E-state index contributed by atoms with van der Waals surface area (Å²) in [6, 6.07) is 9.73. The molecule has 1 aromatic rings. The fraction of sp³-hybridized carbons (Fsp3) is 0.571. The van der Waals surface area contributed by atoms with E-state index in [0.717, 1.165) is 6.54 Å². The van der Waals surface area contributed by atoms with Crippen molar-refractivity contribution in [2.75, 3.05) is 25.0 Å². The molecule has 0 aromatic heterocycles. The molecule has 1 aliphatic heterocycles. The van der Waals surface area contributed by atoms with Crippen molar-refractivity contribution in [2.45, 2.75) is 32.2 Å². The van der Waals surface area contributed by atoms with E-state index < -0.39 is 0 Å². The van der Waals surface area contributed by atoms with Gasteiger partial charge in [0.25, 0.3) is 0 Å². The largest absolute Gasteiger partial charge is 0.370 e. The molecule has 0 spiro atoms. The maximum atomic E-state index is 3.35. The van der Waals surface area contributed by atoms with Gasteiger partial charge in [-0.2, -0.15) is 0 Å². The monoisotopic (exact) mass is 218 g/mol. The van der Waals surface area contributed by atoms with Crippen LogP contribution >= 0.6 is 0 Å². The van der Waals surface area contributed by atoms with E-state index in [2.05, 4.69) is 48.5 Å². The van der Waals surface area contributed by atoms with E-state index in [0.29, 0.717) is 6.04 Å². The van der Waals surface area contributed by atoms with Gasteiger partial charge in [-0.25, -0.2) is 0 Å². The number of anilines is 1. The van der Waals surface area contributed by atoms with Crippen molar-refractivity contribution >= 4 is 5.69 Å². The molecule has 1 heterocycles. The summed E-state index contributed by atoms with van der Waals surface area (Å²) in [5.74, 6) is 0. The van der Waals surface area contributed by atoms with E-state index >= 15 is 0 Å². The fourth-order valence-corrected chi connectivity index (χ4v) is 2.39.